The van der Waals surface area contributed by atoms with Crippen molar-refractivity contribution in [1.29, 1.82) is 0 Å². The number of sulfonamides is 1. The third kappa shape index (κ3) is 6.66. The highest BCUT2D eigenvalue weighted by molar-refractivity contribution is 7.92. The third-order valence-corrected chi connectivity index (χ3v) is 6.91. The van der Waals surface area contributed by atoms with E-state index in [4.69, 9.17) is 20.8 Å². The lowest BCUT2D eigenvalue weighted by Crippen LogP contribution is -2.15. The second-order valence-corrected chi connectivity index (χ2v) is 10.6. The minimum Gasteiger partial charge on any atom is -0.485 e. The number of hydrogen-bond acceptors (Lipinski definition) is 7. The van der Waals surface area contributed by atoms with E-state index in [-0.39, 0.29) is 28.2 Å². The van der Waals surface area contributed by atoms with Gasteiger partial charge in [0.2, 0.25) is 0 Å². The number of aromatic nitrogens is 2. The summed E-state index contributed by atoms with van der Waals surface area (Å²) in [5, 5.41) is 10.1. The summed E-state index contributed by atoms with van der Waals surface area (Å²) in [4.78, 5) is 12.6. The van der Waals surface area contributed by atoms with Gasteiger partial charge in [0.15, 0.2) is 16.7 Å². The normalized spacial score (nSPS) is 11.4. The molecule has 0 saturated carbocycles. The first-order chi connectivity index (χ1) is 17.6. The van der Waals surface area contributed by atoms with Gasteiger partial charge < -0.3 is 14.5 Å². The number of carbonyl (C=O) groups excluding carboxylic acids is 1. The van der Waals surface area contributed by atoms with E-state index < -0.39 is 15.9 Å². The molecule has 0 aliphatic heterocycles. The summed E-state index contributed by atoms with van der Waals surface area (Å²) in [6, 6.07) is 17.8. The minimum absolute atomic E-state index is 0.0170. The van der Waals surface area contributed by atoms with E-state index in [1.807, 2.05) is 19.1 Å². The Morgan fingerprint density at radius 2 is 1.78 bits per heavy atom. The van der Waals surface area contributed by atoms with Crippen LogP contribution < -0.4 is 14.8 Å². The van der Waals surface area contributed by atoms with E-state index in [1.165, 1.54) is 36.4 Å². The molecule has 4 aromatic rings. The molecule has 9 nitrogen and oxygen atoms in total. The maximum absolute atomic E-state index is 12.6. The van der Waals surface area contributed by atoms with Crippen molar-refractivity contribution < 1.29 is 22.4 Å². The highest BCUT2D eigenvalue weighted by Gasteiger charge is 2.17. The molecule has 0 aliphatic carbocycles. The van der Waals surface area contributed by atoms with Gasteiger partial charge in [-0.3, -0.25) is 9.52 Å². The fraction of sp³-hybridized carbons (Fsp3) is 0.192. The summed E-state index contributed by atoms with van der Waals surface area (Å²) in [6.45, 7) is 6.37. The molecular weight excluding hydrogens is 516 g/mol. The predicted molar refractivity (Wildman–Crippen MR) is 141 cm³/mol. The van der Waals surface area contributed by atoms with Crippen molar-refractivity contribution in [1.82, 2.24) is 10.2 Å². The molecule has 11 heteroatoms. The molecule has 192 valence electrons. The van der Waals surface area contributed by atoms with Crippen LogP contribution in [0.15, 0.2) is 76.0 Å². The van der Waals surface area contributed by atoms with Gasteiger partial charge in [0.05, 0.1) is 4.90 Å². The van der Waals surface area contributed by atoms with Gasteiger partial charge in [-0.1, -0.05) is 37.6 Å². The molecule has 2 heterocycles. The first kappa shape index (κ1) is 26.2. The van der Waals surface area contributed by atoms with Crippen LogP contribution in [0.5, 0.6) is 5.75 Å². The number of ether oxygens (including phenoxy) is 1. The van der Waals surface area contributed by atoms with Gasteiger partial charge in [-0.05, 0) is 78.6 Å². The topological polar surface area (TPSA) is 123 Å². The van der Waals surface area contributed by atoms with E-state index in [0.29, 0.717) is 17.4 Å². The fourth-order valence-electron chi connectivity index (χ4n) is 3.45. The van der Waals surface area contributed by atoms with Crippen LogP contribution in [0.4, 0.5) is 11.5 Å². The number of amides is 1. The zero-order valence-corrected chi connectivity index (χ0v) is 21.9. The molecule has 2 aromatic heterocycles. The summed E-state index contributed by atoms with van der Waals surface area (Å²) < 4.78 is 39.1. The fourth-order valence-corrected chi connectivity index (χ4v) is 4.54. The van der Waals surface area contributed by atoms with Gasteiger partial charge in [0, 0.05) is 5.69 Å². The van der Waals surface area contributed by atoms with Gasteiger partial charge >= 0.3 is 0 Å². The Labute approximate surface area is 219 Å². The van der Waals surface area contributed by atoms with Gasteiger partial charge in [0.1, 0.15) is 18.1 Å². The molecule has 0 atom stereocenters. The van der Waals surface area contributed by atoms with E-state index in [0.717, 1.165) is 16.9 Å². The Morgan fingerprint density at radius 1 is 1.03 bits per heavy atom. The molecule has 0 aliphatic rings. The molecule has 0 unspecified atom stereocenters. The maximum Gasteiger partial charge on any atom is 0.291 e. The van der Waals surface area contributed by atoms with Crippen LogP contribution in [0, 0.1) is 6.92 Å². The molecular formula is C26H25ClN4O5S. The first-order valence-corrected chi connectivity index (χ1v) is 13.2. The van der Waals surface area contributed by atoms with Crippen molar-refractivity contribution >= 4 is 39.0 Å². The van der Waals surface area contributed by atoms with Crippen LogP contribution in [-0.4, -0.2) is 24.5 Å². The number of carbonyl (C=O) groups is 1. The molecule has 0 saturated heterocycles. The van der Waals surface area contributed by atoms with Crippen LogP contribution >= 0.6 is 11.6 Å². The van der Waals surface area contributed by atoms with Crippen LogP contribution in [0.1, 0.15) is 47.2 Å². The van der Waals surface area contributed by atoms with Crippen molar-refractivity contribution in [3.05, 3.63) is 94.5 Å². The molecule has 0 spiro atoms. The number of benzene rings is 2. The van der Waals surface area contributed by atoms with Crippen molar-refractivity contribution in [3.8, 4) is 5.75 Å². The lowest BCUT2D eigenvalue weighted by molar-refractivity contribution is 0.0992. The quantitative estimate of drug-likeness (QED) is 0.275. The van der Waals surface area contributed by atoms with E-state index in [9.17, 15) is 13.2 Å². The molecule has 0 fully saturated rings. The average Bonchev–Trinajstić information content (AvgIpc) is 3.34. The van der Waals surface area contributed by atoms with Crippen molar-refractivity contribution in [3.63, 3.8) is 0 Å². The zero-order valence-electron chi connectivity index (χ0n) is 20.4. The second kappa shape index (κ2) is 11.0. The number of furan rings is 1. The summed E-state index contributed by atoms with van der Waals surface area (Å²) in [5.74, 6) is 1.24. The number of aryl methyl sites for hydroxylation is 1. The average molecular weight is 541 g/mol. The van der Waals surface area contributed by atoms with E-state index in [2.05, 4.69) is 40.2 Å². The Balaban J connectivity index is 1.37. The van der Waals surface area contributed by atoms with E-state index in [1.54, 1.807) is 12.1 Å². The number of anilines is 2. The lowest BCUT2D eigenvalue weighted by Gasteiger charge is -2.14. The van der Waals surface area contributed by atoms with Crippen LogP contribution in [0.25, 0.3) is 0 Å². The van der Waals surface area contributed by atoms with Gasteiger partial charge in [0.25, 0.3) is 15.9 Å². The summed E-state index contributed by atoms with van der Waals surface area (Å²) in [5.41, 5.74) is 2.58. The number of nitrogens with one attached hydrogen (secondary N) is 2. The number of hydrogen-bond donors (Lipinski definition) is 2. The Hall–Kier alpha value is -3.89. The SMILES string of the molecule is Cc1ccc(C(C)C)c(OCc2ccc(C(=O)Nc3ccc(S(=O)(=O)Nc4ccc(Cl)nn4)cc3)o2)c1. The predicted octanol–water partition coefficient (Wildman–Crippen LogP) is 5.79. The van der Waals surface area contributed by atoms with Crippen LogP contribution in [0.2, 0.25) is 5.15 Å². The minimum atomic E-state index is -3.90. The number of rotatable bonds is 9. The number of nitrogens with zero attached hydrogens (tertiary/aromatic N) is 2. The summed E-state index contributed by atoms with van der Waals surface area (Å²) in [7, 11) is -3.90. The molecule has 2 N–H and O–H groups in total. The van der Waals surface area contributed by atoms with Crippen LogP contribution in [0.3, 0.4) is 0 Å². The maximum atomic E-state index is 12.6. The van der Waals surface area contributed by atoms with Crippen molar-refractivity contribution in [2.75, 3.05) is 10.0 Å². The zero-order chi connectivity index (χ0) is 26.6. The molecule has 37 heavy (non-hydrogen) atoms. The Morgan fingerprint density at radius 3 is 2.46 bits per heavy atom. The van der Waals surface area contributed by atoms with Gasteiger partial charge in [-0.15, -0.1) is 10.2 Å². The Bertz CT molecular complexity index is 1500. The monoisotopic (exact) mass is 540 g/mol. The largest absolute Gasteiger partial charge is 0.485 e. The summed E-state index contributed by atoms with van der Waals surface area (Å²) in [6.07, 6.45) is 0. The molecule has 4 rings (SSSR count). The van der Waals surface area contributed by atoms with Gasteiger partial charge in [-0.25, -0.2) is 8.42 Å². The summed E-state index contributed by atoms with van der Waals surface area (Å²) >= 11 is 5.67. The molecule has 0 bridgehead atoms. The smallest absolute Gasteiger partial charge is 0.291 e. The second-order valence-electron chi connectivity index (χ2n) is 8.58. The van der Waals surface area contributed by atoms with Gasteiger partial charge in [-0.2, -0.15) is 0 Å². The molecule has 1 amide bonds. The van der Waals surface area contributed by atoms with Crippen molar-refractivity contribution in [2.45, 2.75) is 38.2 Å². The Kier molecular flexibility index (Phi) is 7.80. The first-order valence-electron chi connectivity index (χ1n) is 11.4. The van der Waals surface area contributed by atoms with Crippen LogP contribution in [-0.2, 0) is 16.6 Å². The number of halogens is 1. The van der Waals surface area contributed by atoms with E-state index >= 15 is 0 Å². The highest BCUT2D eigenvalue weighted by atomic mass is 35.5. The standard InChI is InChI=1S/C26H25ClN4O5S/c1-16(2)21-10-4-17(3)14-23(21)35-15-19-7-11-22(36-19)26(32)28-18-5-8-20(9-6-18)37(33,34)31-25-13-12-24(27)29-30-25/h4-14,16H,15H2,1-3H3,(H,28,32)(H,30,31). The highest BCUT2D eigenvalue weighted by Crippen LogP contribution is 2.28. The third-order valence-electron chi connectivity index (χ3n) is 5.34. The molecule has 2 aromatic carbocycles. The van der Waals surface area contributed by atoms with Crippen molar-refractivity contribution in [2.24, 2.45) is 0 Å². The molecule has 0 radical (unpaired) electrons. The lowest BCUT2D eigenvalue weighted by atomic mass is 10.0.